The molecule has 1 spiro atoms. The van der Waals surface area contributed by atoms with Crippen LogP contribution in [-0.2, 0) is 20.4 Å². The summed E-state index contributed by atoms with van der Waals surface area (Å²) in [5.74, 6) is 0. The molecule has 2 N–H and O–H groups in total. The van der Waals surface area contributed by atoms with Crippen molar-refractivity contribution in [3.05, 3.63) is 29.1 Å². The summed E-state index contributed by atoms with van der Waals surface area (Å²) in [5, 5.41) is 23.3. The highest BCUT2D eigenvalue weighted by atomic mass is 16.5. The third-order valence-electron chi connectivity index (χ3n) is 5.01. The Morgan fingerprint density at radius 2 is 2.32 bits per heavy atom. The predicted octanol–water partition coefficient (Wildman–Crippen LogP) is 0.785. The Labute approximate surface area is 130 Å². The third-order valence-corrected chi connectivity index (χ3v) is 5.01. The van der Waals surface area contributed by atoms with Crippen molar-refractivity contribution < 1.29 is 14.6 Å². The van der Waals surface area contributed by atoms with Crippen LogP contribution in [0.15, 0.2) is 12.1 Å². The average molecular weight is 303 g/mol. The van der Waals surface area contributed by atoms with Gasteiger partial charge in [0.2, 0.25) is 0 Å². The van der Waals surface area contributed by atoms with Crippen LogP contribution < -0.4 is 5.32 Å². The van der Waals surface area contributed by atoms with Gasteiger partial charge < -0.3 is 14.6 Å². The summed E-state index contributed by atoms with van der Waals surface area (Å²) < 4.78 is 10.6. The molecule has 0 saturated carbocycles. The lowest BCUT2D eigenvalue weighted by molar-refractivity contribution is -0.129. The quantitative estimate of drug-likeness (QED) is 0.855. The minimum atomic E-state index is -0.745. The van der Waals surface area contributed by atoms with Crippen molar-refractivity contribution in [2.75, 3.05) is 26.9 Å². The maximum Gasteiger partial charge on any atom is 0.140 e. The van der Waals surface area contributed by atoms with Crippen molar-refractivity contribution in [2.24, 2.45) is 0 Å². The Balaban J connectivity index is 2.16. The molecule has 0 bridgehead atoms. The van der Waals surface area contributed by atoms with E-state index in [0.29, 0.717) is 38.4 Å². The van der Waals surface area contributed by atoms with E-state index in [2.05, 4.69) is 16.4 Å². The van der Waals surface area contributed by atoms with Crippen molar-refractivity contribution in [1.29, 1.82) is 5.26 Å². The van der Waals surface area contributed by atoms with E-state index in [1.165, 1.54) is 0 Å². The van der Waals surface area contributed by atoms with Crippen molar-refractivity contribution in [1.82, 2.24) is 10.3 Å². The number of methoxy groups -OCH3 is 1. The summed E-state index contributed by atoms with van der Waals surface area (Å²) in [4.78, 5) is 4.56. The van der Waals surface area contributed by atoms with E-state index in [4.69, 9.17) is 9.47 Å². The Morgan fingerprint density at radius 3 is 2.86 bits per heavy atom. The average Bonchev–Trinajstić information content (AvgIpc) is 2.51. The normalized spacial score (nSPS) is 28.7. The first kappa shape index (κ1) is 15.4. The highest BCUT2D eigenvalue weighted by Gasteiger charge is 2.55. The summed E-state index contributed by atoms with van der Waals surface area (Å²) in [6.07, 6.45) is 0.599. The van der Waals surface area contributed by atoms with Gasteiger partial charge in [-0.15, -0.1) is 0 Å². The molecule has 0 radical (unpaired) electrons. The molecule has 2 atom stereocenters. The zero-order valence-corrected chi connectivity index (χ0v) is 12.9. The smallest absolute Gasteiger partial charge is 0.140 e. The van der Waals surface area contributed by atoms with Gasteiger partial charge in [-0.1, -0.05) is 13.0 Å². The molecule has 1 aromatic heterocycles. The molecule has 2 unspecified atom stereocenters. The molecule has 1 saturated heterocycles. The fraction of sp³-hybridized carbons (Fsp3) is 0.625. The van der Waals surface area contributed by atoms with Gasteiger partial charge in [-0.3, -0.25) is 5.32 Å². The molecule has 3 rings (SSSR count). The second-order valence-corrected chi connectivity index (χ2v) is 6.08. The molecule has 118 valence electrons. The van der Waals surface area contributed by atoms with Crippen molar-refractivity contribution >= 4 is 0 Å². The number of nitrogens with zero attached hydrogens (tertiary/aromatic N) is 2. The van der Waals surface area contributed by atoms with Crippen LogP contribution >= 0.6 is 0 Å². The fourth-order valence-corrected chi connectivity index (χ4v) is 3.52. The summed E-state index contributed by atoms with van der Waals surface area (Å²) >= 11 is 0. The summed E-state index contributed by atoms with van der Waals surface area (Å²) in [6.45, 7) is 3.57. The lowest BCUT2D eigenvalue weighted by atomic mass is 9.67. The highest BCUT2D eigenvalue weighted by molar-refractivity contribution is 5.43. The van der Waals surface area contributed by atoms with E-state index in [1.807, 2.05) is 13.0 Å². The van der Waals surface area contributed by atoms with Gasteiger partial charge in [0.1, 0.15) is 18.0 Å². The fourth-order valence-electron chi connectivity index (χ4n) is 3.52. The number of pyridine rings is 1. The van der Waals surface area contributed by atoms with Crippen molar-refractivity contribution in [2.45, 2.75) is 36.9 Å². The Kier molecular flexibility index (Phi) is 3.91. The first-order valence-corrected chi connectivity index (χ1v) is 7.56. The molecule has 22 heavy (non-hydrogen) atoms. The maximum atomic E-state index is 10.8. The zero-order chi connectivity index (χ0) is 15.8. The number of hydrogen-bond donors (Lipinski definition) is 2. The van der Waals surface area contributed by atoms with Crippen LogP contribution in [0, 0.1) is 11.3 Å². The van der Waals surface area contributed by atoms with E-state index in [9.17, 15) is 10.4 Å². The molecule has 6 nitrogen and oxygen atoms in total. The second kappa shape index (κ2) is 5.60. The van der Waals surface area contributed by atoms with Gasteiger partial charge in [0, 0.05) is 13.7 Å². The maximum absolute atomic E-state index is 10.8. The molecule has 2 aliphatic rings. The topological polar surface area (TPSA) is 87.4 Å². The van der Waals surface area contributed by atoms with Crippen LogP contribution in [0.4, 0.5) is 0 Å². The number of aliphatic hydroxyl groups is 1. The Morgan fingerprint density at radius 1 is 1.55 bits per heavy atom. The van der Waals surface area contributed by atoms with E-state index in [0.717, 1.165) is 11.3 Å². The molecule has 6 heteroatoms. The molecule has 1 aromatic rings. The molecule has 1 fully saturated rings. The number of hydrogen-bond acceptors (Lipinski definition) is 6. The monoisotopic (exact) mass is 303 g/mol. The number of rotatable bonds is 4. The molecule has 3 heterocycles. The Bertz CT molecular complexity index is 609. The number of aromatic nitrogens is 1. The number of ether oxygens (including phenoxy) is 2. The van der Waals surface area contributed by atoms with Gasteiger partial charge in [-0.2, -0.15) is 5.26 Å². The third kappa shape index (κ3) is 2.05. The lowest BCUT2D eigenvalue weighted by Gasteiger charge is -2.54. The van der Waals surface area contributed by atoms with Gasteiger partial charge in [-0.25, -0.2) is 4.98 Å². The standard InChI is InChI=1S/C16H21N3O3/c1-3-15(6-7-21-2)13-12(5-4-11(8-17)18-13)16(9-22-10-16)19-14(15)20/h4-5,14,19-20H,3,6-7,9-10H2,1-2H3. The first-order chi connectivity index (χ1) is 10.6. The van der Waals surface area contributed by atoms with Gasteiger partial charge >= 0.3 is 0 Å². The number of nitrogens with one attached hydrogen (secondary N) is 1. The zero-order valence-electron chi connectivity index (χ0n) is 12.9. The number of fused-ring (bicyclic) bond motifs is 2. The molecular formula is C16H21N3O3. The van der Waals surface area contributed by atoms with Crippen LogP contribution in [0.25, 0.3) is 0 Å². The molecule has 0 amide bonds. The van der Waals surface area contributed by atoms with Gasteiger partial charge in [0.05, 0.1) is 29.9 Å². The molecule has 2 aliphatic heterocycles. The van der Waals surface area contributed by atoms with Gasteiger partial charge in [0.25, 0.3) is 0 Å². The Hall–Kier alpha value is -1.52. The second-order valence-electron chi connectivity index (χ2n) is 6.08. The van der Waals surface area contributed by atoms with Crippen LogP contribution in [0.5, 0.6) is 0 Å². The van der Waals surface area contributed by atoms with Crippen LogP contribution in [-0.4, -0.2) is 43.2 Å². The number of aliphatic hydroxyl groups excluding tert-OH is 1. The first-order valence-electron chi connectivity index (χ1n) is 7.56. The molecule has 0 aliphatic carbocycles. The van der Waals surface area contributed by atoms with Crippen LogP contribution in [0.1, 0.15) is 36.7 Å². The minimum absolute atomic E-state index is 0.374. The summed E-state index contributed by atoms with van der Waals surface area (Å²) in [5.41, 5.74) is 1.26. The van der Waals surface area contributed by atoms with E-state index < -0.39 is 11.6 Å². The minimum Gasteiger partial charge on any atom is -0.385 e. The number of nitriles is 1. The van der Waals surface area contributed by atoms with Gasteiger partial charge in [-0.05, 0) is 24.5 Å². The highest BCUT2D eigenvalue weighted by Crippen LogP contribution is 2.46. The predicted molar refractivity (Wildman–Crippen MR) is 79.1 cm³/mol. The molecular weight excluding hydrogens is 282 g/mol. The van der Waals surface area contributed by atoms with Gasteiger partial charge in [0.15, 0.2) is 0 Å². The van der Waals surface area contributed by atoms with Crippen LogP contribution in [0.2, 0.25) is 0 Å². The van der Waals surface area contributed by atoms with Crippen molar-refractivity contribution in [3.63, 3.8) is 0 Å². The van der Waals surface area contributed by atoms with Crippen molar-refractivity contribution in [3.8, 4) is 6.07 Å². The van der Waals surface area contributed by atoms with E-state index in [-0.39, 0.29) is 5.54 Å². The summed E-state index contributed by atoms with van der Waals surface area (Å²) in [7, 11) is 1.65. The molecule has 0 aromatic carbocycles. The van der Waals surface area contributed by atoms with E-state index >= 15 is 0 Å². The summed E-state index contributed by atoms with van der Waals surface area (Å²) in [6, 6.07) is 5.77. The largest absolute Gasteiger partial charge is 0.385 e. The van der Waals surface area contributed by atoms with Crippen LogP contribution in [0.3, 0.4) is 0 Å². The SMILES string of the molecule is CCC1(CCOC)c2nc(C#N)ccc2C2(COC2)NC1O. The lowest BCUT2D eigenvalue weighted by Crippen LogP contribution is -2.69. The van der Waals surface area contributed by atoms with E-state index in [1.54, 1.807) is 13.2 Å².